The van der Waals surface area contributed by atoms with Gasteiger partial charge in [0.2, 0.25) is 0 Å². The van der Waals surface area contributed by atoms with Crippen LogP contribution in [0.3, 0.4) is 0 Å². The van der Waals surface area contributed by atoms with Gasteiger partial charge in [-0.05, 0) is 65.9 Å². The number of nitrogens with zero attached hydrogens (tertiary/aromatic N) is 2. The predicted octanol–water partition coefficient (Wildman–Crippen LogP) is 7.91. The van der Waals surface area contributed by atoms with Crippen molar-refractivity contribution in [2.45, 2.75) is 11.8 Å². The highest BCUT2D eigenvalue weighted by molar-refractivity contribution is 7.90. The van der Waals surface area contributed by atoms with Crippen molar-refractivity contribution in [1.29, 1.82) is 5.26 Å². The van der Waals surface area contributed by atoms with Crippen LogP contribution in [0, 0.1) is 18.3 Å². The second-order valence-corrected chi connectivity index (χ2v) is 12.5. The van der Waals surface area contributed by atoms with Gasteiger partial charge >= 0.3 is 5.97 Å². The molecule has 0 unspecified atom stereocenters. The van der Waals surface area contributed by atoms with Crippen LogP contribution in [-0.4, -0.2) is 25.5 Å². The van der Waals surface area contributed by atoms with E-state index in [1.54, 1.807) is 48.5 Å². The number of aromatic nitrogens is 1. The van der Waals surface area contributed by atoms with Crippen LogP contribution in [0.15, 0.2) is 113 Å². The third-order valence-corrected chi connectivity index (χ3v) is 9.73. The van der Waals surface area contributed by atoms with E-state index in [9.17, 15) is 18.5 Å². The highest BCUT2D eigenvalue weighted by Crippen LogP contribution is 2.45. The SMILES string of the molecule is COC(=O)c1cccc(-c2cccc(-c3c(-c4ccsc4C#N)c4ccccc4n3S(=O)(=O)c3ccc(C)cc3)c2)c1. The fraction of sp³-hybridized carbons (Fsp3) is 0.0588. The summed E-state index contributed by atoms with van der Waals surface area (Å²) in [4.78, 5) is 12.9. The zero-order valence-electron chi connectivity index (χ0n) is 22.7. The van der Waals surface area contributed by atoms with E-state index in [2.05, 4.69) is 6.07 Å². The number of ether oxygens (including phenoxy) is 1. The number of hydrogen-bond donors (Lipinski definition) is 0. The van der Waals surface area contributed by atoms with E-state index in [0.29, 0.717) is 38.3 Å². The zero-order chi connectivity index (χ0) is 29.4. The molecule has 0 aliphatic heterocycles. The fourth-order valence-corrected chi connectivity index (χ4v) is 7.43. The Hall–Kier alpha value is -4.97. The lowest BCUT2D eigenvalue weighted by Crippen LogP contribution is -2.14. The van der Waals surface area contributed by atoms with Gasteiger partial charge in [-0.2, -0.15) is 5.26 Å². The van der Waals surface area contributed by atoms with Crippen LogP contribution in [-0.2, 0) is 14.8 Å². The molecule has 8 heteroatoms. The number of rotatable bonds is 6. The summed E-state index contributed by atoms with van der Waals surface area (Å²) in [5.74, 6) is -0.443. The number of esters is 1. The second-order valence-electron chi connectivity index (χ2n) is 9.75. The normalized spacial score (nSPS) is 11.4. The Kier molecular flexibility index (Phi) is 6.99. The predicted molar refractivity (Wildman–Crippen MR) is 166 cm³/mol. The van der Waals surface area contributed by atoms with Gasteiger partial charge in [-0.25, -0.2) is 17.2 Å². The molecule has 0 N–H and O–H groups in total. The van der Waals surface area contributed by atoms with Crippen LogP contribution >= 0.6 is 11.3 Å². The Morgan fingerprint density at radius 2 is 1.55 bits per heavy atom. The Morgan fingerprint density at radius 1 is 0.857 bits per heavy atom. The van der Waals surface area contributed by atoms with E-state index in [1.807, 2.05) is 66.9 Å². The minimum atomic E-state index is -4.07. The average molecular weight is 589 g/mol. The van der Waals surface area contributed by atoms with Gasteiger partial charge in [-0.3, -0.25) is 0 Å². The van der Waals surface area contributed by atoms with Gasteiger partial charge in [-0.15, -0.1) is 11.3 Å². The number of thiophene rings is 1. The van der Waals surface area contributed by atoms with Gasteiger partial charge in [0.15, 0.2) is 0 Å². The maximum atomic E-state index is 14.4. The van der Waals surface area contributed by atoms with Gasteiger partial charge in [0.25, 0.3) is 10.0 Å². The topological polar surface area (TPSA) is 89.2 Å². The van der Waals surface area contributed by atoms with Gasteiger partial charge in [0.05, 0.1) is 28.8 Å². The molecule has 2 aromatic heterocycles. The first kappa shape index (κ1) is 27.2. The average Bonchev–Trinajstić information content (AvgIpc) is 3.63. The first-order chi connectivity index (χ1) is 20.3. The Labute approximate surface area is 247 Å². The monoisotopic (exact) mass is 588 g/mol. The van der Waals surface area contributed by atoms with Gasteiger partial charge < -0.3 is 4.74 Å². The van der Waals surface area contributed by atoms with E-state index in [4.69, 9.17) is 4.74 Å². The molecule has 0 aliphatic rings. The number of methoxy groups -OCH3 is 1. The number of carbonyl (C=O) groups excluding carboxylic acids is 1. The first-order valence-electron chi connectivity index (χ1n) is 13.1. The number of benzene rings is 4. The Morgan fingerprint density at radius 3 is 2.29 bits per heavy atom. The van der Waals surface area contributed by atoms with Crippen molar-refractivity contribution in [2.24, 2.45) is 0 Å². The molecular weight excluding hydrogens is 565 g/mol. The van der Waals surface area contributed by atoms with E-state index >= 15 is 0 Å². The summed E-state index contributed by atoms with van der Waals surface area (Å²) in [5.41, 5.74) is 5.88. The number of para-hydroxylation sites is 1. The van der Waals surface area contributed by atoms with E-state index in [1.165, 1.54) is 22.4 Å². The van der Waals surface area contributed by atoms with Gasteiger partial charge in [-0.1, -0.05) is 66.2 Å². The fourth-order valence-electron chi connectivity index (χ4n) is 5.19. The molecule has 6 nitrogen and oxygen atoms in total. The number of carbonyl (C=O) groups is 1. The molecule has 42 heavy (non-hydrogen) atoms. The molecule has 0 atom stereocenters. The lowest BCUT2D eigenvalue weighted by atomic mass is 9.96. The standard InChI is InChI=1S/C34H24N2O4S2/c1-22-13-15-27(16-14-22)42(38,39)36-30-12-4-3-11-28(30)32(29-17-18-41-31(29)21-35)33(36)25-9-5-7-23(19-25)24-8-6-10-26(20-24)34(37)40-2/h3-20H,1-2H3. The lowest BCUT2D eigenvalue weighted by molar-refractivity contribution is 0.0600. The zero-order valence-corrected chi connectivity index (χ0v) is 24.4. The summed E-state index contributed by atoms with van der Waals surface area (Å²) >= 11 is 1.31. The maximum Gasteiger partial charge on any atom is 0.337 e. The molecule has 206 valence electrons. The molecule has 0 bridgehead atoms. The van der Waals surface area contributed by atoms with Crippen molar-refractivity contribution in [1.82, 2.24) is 3.97 Å². The maximum absolute atomic E-state index is 14.4. The summed E-state index contributed by atoms with van der Waals surface area (Å²) < 4.78 is 35.2. The summed E-state index contributed by atoms with van der Waals surface area (Å²) in [6, 6.07) is 32.9. The van der Waals surface area contributed by atoms with E-state index in [-0.39, 0.29) is 4.90 Å². The van der Waals surface area contributed by atoms with Crippen molar-refractivity contribution in [3.8, 4) is 39.6 Å². The molecule has 0 spiro atoms. The second kappa shape index (κ2) is 10.8. The molecular formula is C34H24N2O4S2. The lowest BCUT2D eigenvalue weighted by Gasteiger charge is -2.15. The van der Waals surface area contributed by atoms with Crippen LogP contribution in [0.2, 0.25) is 0 Å². The number of fused-ring (bicyclic) bond motifs is 1. The number of nitriles is 1. The minimum Gasteiger partial charge on any atom is -0.465 e. The molecule has 0 saturated carbocycles. The van der Waals surface area contributed by atoms with E-state index < -0.39 is 16.0 Å². The largest absolute Gasteiger partial charge is 0.465 e. The summed E-state index contributed by atoms with van der Waals surface area (Å²) in [5, 5.41) is 12.5. The molecule has 0 aliphatic carbocycles. The minimum absolute atomic E-state index is 0.161. The van der Waals surface area contributed by atoms with Crippen molar-refractivity contribution in [2.75, 3.05) is 7.11 Å². The Bertz CT molecular complexity index is 2130. The quantitative estimate of drug-likeness (QED) is 0.185. The summed E-state index contributed by atoms with van der Waals surface area (Å²) in [6.45, 7) is 1.91. The van der Waals surface area contributed by atoms with Gasteiger partial charge in [0, 0.05) is 22.1 Å². The summed E-state index contributed by atoms with van der Waals surface area (Å²) in [6.07, 6.45) is 0. The molecule has 0 fully saturated rings. The van der Waals surface area contributed by atoms with Crippen LogP contribution < -0.4 is 0 Å². The van der Waals surface area contributed by atoms with Crippen molar-refractivity contribution in [3.05, 3.63) is 125 Å². The van der Waals surface area contributed by atoms with Crippen LogP contribution in [0.1, 0.15) is 20.8 Å². The van der Waals surface area contributed by atoms with Gasteiger partial charge in [0.1, 0.15) is 10.9 Å². The highest BCUT2D eigenvalue weighted by Gasteiger charge is 2.30. The molecule has 4 aromatic carbocycles. The number of hydrogen-bond acceptors (Lipinski definition) is 6. The molecule has 2 heterocycles. The van der Waals surface area contributed by atoms with Crippen LogP contribution in [0.4, 0.5) is 0 Å². The molecule has 6 aromatic rings. The first-order valence-corrected chi connectivity index (χ1v) is 15.4. The van der Waals surface area contributed by atoms with Crippen molar-refractivity contribution >= 4 is 38.2 Å². The molecule has 0 saturated heterocycles. The summed E-state index contributed by atoms with van der Waals surface area (Å²) in [7, 11) is -2.74. The molecule has 0 radical (unpaired) electrons. The Balaban J connectivity index is 1.69. The van der Waals surface area contributed by atoms with Crippen LogP contribution in [0.5, 0.6) is 0 Å². The molecule has 0 amide bonds. The van der Waals surface area contributed by atoms with Crippen LogP contribution in [0.25, 0.3) is 44.4 Å². The van der Waals surface area contributed by atoms with Crippen molar-refractivity contribution < 1.29 is 17.9 Å². The number of aryl methyl sites for hydroxylation is 1. The molecule has 6 rings (SSSR count). The third-order valence-electron chi connectivity index (χ3n) is 7.18. The van der Waals surface area contributed by atoms with Crippen molar-refractivity contribution in [3.63, 3.8) is 0 Å². The van der Waals surface area contributed by atoms with E-state index in [0.717, 1.165) is 22.1 Å². The highest BCUT2D eigenvalue weighted by atomic mass is 32.2. The smallest absolute Gasteiger partial charge is 0.337 e. The third kappa shape index (κ3) is 4.59.